The van der Waals surface area contributed by atoms with Gasteiger partial charge in [-0.3, -0.25) is 0 Å². The number of aryl methyl sites for hydroxylation is 1. The molecule has 2 N–H and O–H groups in total. The first-order valence-electron chi connectivity index (χ1n) is 12.4. The van der Waals surface area contributed by atoms with Gasteiger partial charge < -0.3 is 5.73 Å². The fourth-order valence-corrected chi connectivity index (χ4v) is 5.13. The van der Waals surface area contributed by atoms with Crippen molar-refractivity contribution in [3.63, 3.8) is 0 Å². The summed E-state index contributed by atoms with van der Waals surface area (Å²) in [5.74, 6) is 0.129. The molecule has 1 nitrogen and oxygen atoms in total. The molecule has 1 heteroatoms. The third-order valence-electron chi connectivity index (χ3n) is 6.87. The van der Waals surface area contributed by atoms with E-state index in [0.717, 1.165) is 12.1 Å². The molecule has 0 fully saturated rings. The van der Waals surface area contributed by atoms with E-state index in [1.165, 1.54) is 38.9 Å². The van der Waals surface area contributed by atoms with Gasteiger partial charge in [-0.2, -0.15) is 0 Å². The SMILES string of the molecule is CCc1cc(C(c2ccccc2)c2ccccc2)c(N)c(C(c2ccccc2)c2ccccc2)c1. The molecule has 5 aromatic rings. The Bertz CT molecular complexity index is 1180. The van der Waals surface area contributed by atoms with E-state index in [9.17, 15) is 0 Å². The van der Waals surface area contributed by atoms with Crippen LogP contribution in [0.4, 0.5) is 5.69 Å². The zero-order chi connectivity index (χ0) is 24.0. The predicted molar refractivity (Wildman–Crippen MR) is 148 cm³/mol. The Hall–Kier alpha value is -4.10. The minimum absolute atomic E-state index is 0.0647. The van der Waals surface area contributed by atoms with E-state index < -0.39 is 0 Å². The summed E-state index contributed by atoms with van der Waals surface area (Å²) in [6.45, 7) is 2.22. The van der Waals surface area contributed by atoms with Crippen molar-refractivity contribution >= 4 is 5.69 Å². The maximum absolute atomic E-state index is 7.16. The van der Waals surface area contributed by atoms with Gasteiger partial charge in [0.2, 0.25) is 0 Å². The molecule has 0 bridgehead atoms. The summed E-state index contributed by atoms with van der Waals surface area (Å²) in [5.41, 5.74) is 16.7. The van der Waals surface area contributed by atoms with Crippen LogP contribution in [0, 0.1) is 0 Å². The van der Waals surface area contributed by atoms with E-state index in [2.05, 4.69) is 140 Å². The van der Waals surface area contributed by atoms with Crippen LogP contribution in [0.3, 0.4) is 0 Å². The van der Waals surface area contributed by atoms with Crippen LogP contribution in [0.25, 0.3) is 0 Å². The van der Waals surface area contributed by atoms with Crippen molar-refractivity contribution in [1.82, 2.24) is 0 Å². The minimum Gasteiger partial charge on any atom is -0.398 e. The Kier molecular flexibility index (Phi) is 6.77. The number of benzene rings is 5. The van der Waals surface area contributed by atoms with Crippen LogP contribution < -0.4 is 5.73 Å². The molecule has 0 aliphatic rings. The second kappa shape index (κ2) is 10.4. The molecule has 35 heavy (non-hydrogen) atoms. The van der Waals surface area contributed by atoms with Crippen molar-refractivity contribution in [3.05, 3.63) is 172 Å². The number of rotatable bonds is 7. The van der Waals surface area contributed by atoms with Gasteiger partial charge in [0.1, 0.15) is 0 Å². The summed E-state index contributed by atoms with van der Waals surface area (Å²) in [5, 5.41) is 0. The van der Waals surface area contributed by atoms with Gasteiger partial charge in [-0.05, 0) is 45.4 Å². The van der Waals surface area contributed by atoms with Crippen molar-refractivity contribution in [1.29, 1.82) is 0 Å². The quantitative estimate of drug-likeness (QED) is 0.195. The molecule has 0 saturated carbocycles. The van der Waals surface area contributed by atoms with Gasteiger partial charge in [0.15, 0.2) is 0 Å². The van der Waals surface area contributed by atoms with Gasteiger partial charge in [0.05, 0.1) is 0 Å². The second-order valence-corrected chi connectivity index (χ2v) is 9.05. The maximum Gasteiger partial charge on any atom is 0.0398 e. The third kappa shape index (κ3) is 4.76. The number of hydrogen-bond donors (Lipinski definition) is 1. The Morgan fingerprint density at radius 2 is 0.771 bits per heavy atom. The number of nitrogens with two attached hydrogens (primary N) is 1. The van der Waals surface area contributed by atoms with Crippen LogP contribution >= 0.6 is 0 Å². The minimum atomic E-state index is 0.0647. The zero-order valence-electron chi connectivity index (χ0n) is 20.1. The van der Waals surface area contributed by atoms with Crippen molar-refractivity contribution in [3.8, 4) is 0 Å². The zero-order valence-corrected chi connectivity index (χ0v) is 20.1. The normalized spacial score (nSPS) is 11.2. The molecule has 0 heterocycles. The highest BCUT2D eigenvalue weighted by Gasteiger charge is 2.25. The fraction of sp³-hybridized carbons (Fsp3) is 0.118. The molecule has 5 rings (SSSR count). The third-order valence-corrected chi connectivity index (χ3v) is 6.87. The van der Waals surface area contributed by atoms with Gasteiger partial charge >= 0.3 is 0 Å². The molecule has 0 saturated heterocycles. The standard InChI is InChI=1S/C34H31N/c1-2-25-23-30(32(26-15-7-3-8-16-26)27-17-9-4-10-18-27)34(35)31(24-25)33(28-19-11-5-12-20-28)29-21-13-6-14-22-29/h3-24,32-33H,2,35H2,1H3. The van der Waals surface area contributed by atoms with E-state index in [1.807, 2.05) is 0 Å². The highest BCUT2D eigenvalue weighted by atomic mass is 14.6. The summed E-state index contributed by atoms with van der Waals surface area (Å²) in [7, 11) is 0. The van der Waals surface area contributed by atoms with Gasteiger partial charge in [-0.1, -0.05) is 140 Å². The smallest absolute Gasteiger partial charge is 0.0398 e. The molecule has 0 spiro atoms. The van der Waals surface area contributed by atoms with Crippen molar-refractivity contribution in [2.75, 3.05) is 5.73 Å². The predicted octanol–water partition coefficient (Wildman–Crippen LogP) is 8.19. The van der Waals surface area contributed by atoms with Gasteiger partial charge in [0.25, 0.3) is 0 Å². The molecule has 0 atom stereocenters. The van der Waals surface area contributed by atoms with Crippen LogP contribution in [0.15, 0.2) is 133 Å². The van der Waals surface area contributed by atoms with E-state index >= 15 is 0 Å². The number of hydrogen-bond acceptors (Lipinski definition) is 1. The molecule has 0 unspecified atom stereocenters. The summed E-state index contributed by atoms with van der Waals surface area (Å²) in [4.78, 5) is 0. The lowest BCUT2D eigenvalue weighted by atomic mass is 9.78. The molecule has 0 amide bonds. The van der Waals surface area contributed by atoms with E-state index in [0.29, 0.717) is 0 Å². The van der Waals surface area contributed by atoms with Crippen molar-refractivity contribution in [2.24, 2.45) is 0 Å². The molecule has 0 aliphatic heterocycles. The highest BCUT2D eigenvalue weighted by Crippen LogP contribution is 2.42. The lowest BCUT2D eigenvalue weighted by Gasteiger charge is -2.27. The number of anilines is 1. The van der Waals surface area contributed by atoms with Gasteiger partial charge in [-0.15, -0.1) is 0 Å². The molecule has 0 aromatic heterocycles. The van der Waals surface area contributed by atoms with Crippen LogP contribution in [0.5, 0.6) is 0 Å². The lowest BCUT2D eigenvalue weighted by Crippen LogP contribution is -2.13. The first kappa shape index (κ1) is 22.7. The van der Waals surface area contributed by atoms with Gasteiger partial charge in [0, 0.05) is 17.5 Å². The lowest BCUT2D eigenvalue weighted by molar-refractivity contribution is 0.933. The Balaban J connectivity index is 1.77. The molecular formula is C34H31N. The van der Waals surface area contributed by atoms with Crippen LogP contribution in [0.2, 0.25) is 0 Å². The number of nitrogen functional groups attached to an aromatic ring is 1. The average Bonchev–Trinajstić information content (AvgIpc) is 2.93. The fourth-order valence-electron chi connectivity index (χ4n) is 5.13. The van der Waals surface area contributed by atoms with Crippen LogP contribution in [-0.2, 0) is 6.42 Å². The van der Waals surface area contributed by atoms with Gasteiger partial charge in [-0.25, -0.2) is 0 Å². The summed E-state index contributed by atoms with van der Waals surface area (Å²) in [6, 6.07) is 47.5. The molecule has 172 valence electrons. The first-order valence-corrected chi connectivity index (χ1v) is 12.4. The summed E-state index contributed by atoms with van der Waals surface area (Å²) < 4.78 is 0. The van der Waals surface area contributed by atoms with E-state index in [1.54, 1.807) is 0 Å². The molecule has 5 aromatic carbocycles. The topological polar surface area (TPSA) is 26.0 Å². The second-order valence-electron chi connectivity index (χ2n) is 9.05. The van der Waals surface area contributed by atoms with E-state index in [-0.39, 0.29) is 11.8 Å². The Morgan fingerprint density at radius 3 is 1.03 bits per heavy atom. The molecular weight excluding hydrogens is 422 g/mol. The summed E-state index contributed by atoms with van der Waals surface area (Å²) >= 11 is 0. The average molecular weight is 454 g/mol. The van der Waals surface area contributed by atoms with Crippen molar-refractivity contribution in [2.45, 2.75) is 25.2 Å². The molecule has 0 aliphatic carbocycles. The van der Waals surface area contributed by atoms with Crippen molar-refractivity contribution < 1.29 is 0 Å². The maximum atomic E-state index is 7.16. The Morgan fingerprint density at radius 1 is 0.486 bits per heavy atom. The molecule has 0 radical (unpaired) electrons. The van der Waals surface area contributed by atoms with Crippen LogP contribution in [0.1, 0.15) is 57.7 Å². The highest BCUT2D eigenvalue weighted by molar-refractivity contribution is 5.65. The Labute approximate surface area is 208 Å². The van der Waals surface area contributed by atoms with E-state index in [4.69, 9.17) is 5.73 Å². The largest absolute Gasteiger partial charge is 0.398 e. The first-order chi connectivity index (χ1) is 17.3. The monoisotopic (exact) mass is 453 g/mol. The summed E-state index contributed by atoms with van der Waals surface area (Å²) in [6.07, 6.45) is 0.951. The van der Waals surface area contributed by atoms with Crippen LogP contribution in [-0.4, -0.2) is 0 Å².